The normalized spacial score (nSPS) is 10.8. The van der Waals surface area contributed by atoms with Crippen molar-refractivity contribution in [2.45, 2.75) is 6.18 Å². The lowest BCUT2D eigenvalue weighted by Gasteiger charge is -2.10. The van der Waals surface area contributed by atoms with Crippen molar-refractivity contribution in [1.29, 1.82) is 0 Å². The van der Waals surface area contributed by atoms with Crippen molar-refractivity contribution in [3.63, 3.8) is 0 Å². The molecule has 0 saturated heterocycles. The number of hydrogen-bond acceptors (Lipinski definition) is 4. The van der Waals surface area contributed by atoms with Gasteiger partial charge in [-0.3, -0.25) is 10.1 Å². The number of hydrogen-bond donors (Lipinski definition) is 2. The van der Waals surface area contributed by atoms with Crippen LogP contribution >= 0.6 is 23.2 Å². The molecule has 0 fully saturated rings. The number of urea groups is 1. The zero-order valence-electron chi connectivity index (χ0n) is 11.2. The Kier molecular flexibility index (Phi) is 6.64. The van der Waals surface area contributed by atoms with Gasteiger partial charge in [0.1, 0.15) is 6.54 Å². The highest BCUT2D eigenvalue weighted by Crippen LogP contribution is 2.24. The summed E-state index contributed by atoms with van der Waals surface area (Å²) in [6.07, 6.45) is -4.62. The summed E-state index contributed by atoms with van der Waals surface area (Å²) in [6, 6.07) is 2.85. The maximum absolute atomic E-state index is 11.8. The molecule has 0 unspecified atom stereocenters. The molecule has 126 valence electrons. The van der Waals surface area contributed by atoms with Crippen LogP contribution in [0.2, 0.25) is 10.0 Å². The highest BCUT2D eigenvalue weighted by atomic mass is 35.5. The van der Waals surface area contributed by atoms with Gasteiger partial charge in [0, 0.05) is 0 Å². The Morgan fingerprint density at radius 1 is 1.13 bits per heavy atom. The summed E-state index contributed by atoms with van der Waals surface area (Å²) in [5.74, 6) is -2.15. The largest absolute Gasteiger partial charge is 0.452 e. The second-order valence-electron chi connectivity index (χ2n) is 4.02. The lowest BCUT2D eigenvalue weighted by molar-refractivity contribution is -0.125. The number of halogens is 5. The van der Waals surface area contributed by atoms with Gasteiger partial charge in [-0.2, -0.15) is 13.2 Å². The van der Waals surface area contributed by atoms with Crippen LogP contribution in [0.25, 0.3) is 0 Å². The van der Waals surface area contributed by atoms with Crippen LogP contribution in [0.3, 0.4) is 0 Å². The van der Waals surface area contributed by atoms with Crippen molar-refractivity contribution in [2.24, 2.45) is 0 Å². The van der Waals surface area contributed by atoms with E-state index < -0.39 is 37.2 Å². The fourth-order valence-corrected chi connectivity index (χ4v) is 1.84. The lowest BCUT2D eigenvalue weighted by Crippen LogP contribution is -2.44. The van der Waals surface area contributed by atoms with Crippen molar-refractivity contribution in [3.05, 3.63) is 33.8 Å². The Morgan fingerprint density at radius 2 is 1.70 bits per heavy atom. The number of ether oxygens (including phenoxy) is 1. The number of alkyl halides is 3. The van der Waals surface area contributed by atoms with E-state index in [1.165, 1.54) is 23.5 Å². The van der Waals surface area contributed by atoms with Crippen LogP contribution in [0, 0.1) is 0 Å². The van der Waals surface area contributed by atoms with Crippen molar-refractivity contribution >= 4 is 41.1 Å². The molecule has 0 aromatic heterocycles. The van der Waals surface area contributed by atoms with Gasteiger partial charge in [0.05, 0.1) is 15.6 Å². The number of benzene rings is 1. The van der Waals surface area contributed by atoms with Gasteiger partial charge in [0.15, 0.2) is 6.61 Å². The highest BCUT2D eigenvalue weighted by molar-refractivity contribution is 6.39. The summed E-state index contributed by atoms with van der Waals surface area (Å²) in [6.45, 7) is -2.51. The van der Waals surface area contributed by atoms with Gasteiger partial charge in [-0.25, -0.2) is 9.59 Å². The summed E-state index contributed by atoms with van der Waals surface area (Å²) >= 11 is 11.5. The molecule has 0 aliphatic rings. The molecule has 23 heavy (non-hydrogen) atoms. The predicted octanol–water partition coefficient (Wildman–Crippen LogP) is 2.54. The second-order valence-corrected chi connectivity index (χ2v) is 4.83. The molecule has 0 atom stereocenters. The van der Waals surface area contributed by atoms with E-state index in [-0.39, 0.29) is 15.6 Å². The number of esters is 1. The number of imide groups is 1. The minimum absolute atomic E-state index is 0.00849. The molecule has 0 saturated carbocycles. The molecular weight excluding hydrogens is 364 g/mol. The van der Waals surface area contributed by atoms with Crippen molar-refractivity contribution < 1.29 is 32.3 Å². The van der Waals surface area contributed by atoms with Gasteiger partial charge >= 0.3 is 18.2 Å². The smallest absolute Gasteiger partial charge is 0.405 e. The summed E-state index contributed by atoms with van der Waals surface area (Å²) in [4.78, 5) is 34.0. The Hall–Kier alpha value is -2.00. The van der Waals surface area contributed by atoms with E-state index in [0.717, 1.165) is 0 Å². The van der Waals surface area contributed by atoms with Crippen LogP contribution < -0.4 is 10.6 Å². The first-order valence-corrected chi connectivity index (χ1v) is 6.61. The molecule has 0 bridgehead atoms. The molecule has 1 rings (SSSR count). The molecule has 6 nitrogen and oxygen atoms in total. The molecule has 0 heterocycles. The molecule has 1 aromatic rings. The molecule has 2 N–H and O–H groups in total. The average Bonchev–Trinajstić information content (AvgIpc) is 2.42. The summed E-state index contributed by atoms with van der Waals surface area (Å²) < 4.78 is 40.1. The SMILES string of the molecule is O=C(COC(=O)c1c(Cl)cccc1Cl)NC(=O)NCC(F)(F)F. The number of carbonyl (C=O) groups excluding carboxylic acids is 3. The molecule has 11 heteroatoms. The number of carbonyl (C=O) groups is 3. The van der Waals surface area contributed by atoms with E-state index in [0.29, 0.717) is 0 Å². The maximum atomic E-state index is 11.8. The molecule has 0 aliphatic heterocycles. The topological polar surface area (TPSA) is 84.5 Å². The van der Waals surface area contributed by atoms with E-state index in [4.69, 9.17) is 23.2 Å². The number of nitrogens with one attached hydrogen (secondary N) is 2. The molecular formula is C12H9Cl2F3N2O4. The van der Waals surface area contributed by atoms with Crippen molar-refractivity contribution in [1.82, 2.24) is 10.6 Å². The van der Waals surface area contributed by atoms with Crippen LogP contribution in [-0.2, 0) is 9.53 Å². The van der Waals surface area contributed by atoms with E-state index in [9.17, 15) is 27.6 Å². The zero-order chi connectivity index (χ0) is 17.6. The van der Waals surface area contributed by atoms with Crippen LogP contribution in [0.5, 0.6) is 0 Å². The molecule has 3 amide bonds. The lowest BCUT2D eigenvalue weighted by atomic mass is 10.2. The van der Waals surface area contributed by atoms with Gasteiger partial charge in [-0.1, -0.05) is 29.3 Å². The second kappa shape index (κ2) is 8.02. The third-order valence-corrected chi connectivity index (χ3v) is 2.83. The van der Waals surface area contributed by atoms with Gasteiger partial charge in [0.2, 0.25) is 0 Å². The third-order valence-electron chi connectivity index (χ3n) is 2.20. The van der Waals surface area contributed by atoms with Gasteiger partial charge in [-0.15, -0.1) is 0 Å². The van der Waals surface area contributed by atoms with Crippen LogP contribution in [-0.4, -0.2) is 37.2 Å². The number of amides is 3. The minimum Gasteiger partial charge on any atom is -0.452 e. The number of rotatable bonds is 4. The van der Waals surface area contributed by atoms with Crippen LogP contribution in [0.1, 0.15) is 10.4 Å². The van der Waals surface area contributed by atoms with E-state index in [1.54, 1.807) is 5.32 Å². The minimum atomic E-state index is -4.62. The van der Waals surface area contributed by atoms with Crippen LogP contribution in [0.4, 0.5) is 18.0 Å². The quantitative estimate of drug-likeness (QED) is 0.795. The van der Waals surface area contributed by atoms with E-state index >= 15 is 0 Å². The van der Waals surface area contributed by atoms with Crippen LogP contribution in [0.15, 0.2) is 18.2 Å². The monoisotopic (exact) mass is 372 g/mol. The summed E-state index contributed by atoms with van der Waals surface area (Å²) in [5.41, 5.74) is -0.176. The first-order valence-electron chi connectivity index (χ1n) is 5.85. The van der Waals surface area contributed by atoms with Gasteiger partial charge in [-0.05, 0) is 12.1 Å². The maximum Gasteiger partial charge on any atom is 0.405 e. The molecule has 0 radical (unpaired) electrons. The van der Waals surface area contributed by atoms with Crippen molar-refractivity contribution in [2.75, 3.05) is 13.2 Å². The highest BCUT2D eigenvalue weighted by Gasteiger charge is 2.28. The standard InChI is InChI=1S/C12H9Cl2F3N2O4/c13-6-2-1-3-7(14)9(6)10(21)23-4-8(20)19-11(22)18-5-12(15,16)17/h1-3H,4-5H2,(H2,18,19,20,22). The molecule has 1 aromatic carbocycles. The fraction of sp³-hybridized carbons (Fsp3) is 0.250. The van der Waals surface area contributed by atoms with Gasteiger partial charge < -0.3 is 10.1 Å². The zero-order valence-corrected chi connectivity index (χ0v) is 12.7. The summed E-state index contributed by atoms with van der Waals surface area (Å²) in [7, 11) is 0. The first-order chi connectivity index (χ1) is 10.6. The molecule has 0 spiro atoms. The fourth-order valence-electron chi connectivity index (χ4n) is 1.28. The predicted molar refractivity (Wildman–Crippen MR) is 74.3 cm³/mol. The Bertz CT molecular complexity index is 603. The Morgan fingerprint density at radius 3 is 2.22 bits per heavy atom. The third kappa shape index (κ3) is 6.74. The average molecular weight is 373 g/mol. The van der Waals surface area contributed by atoms with Crippen molar-refractivity contribution in [3.8, 4) is 0 Å². The van der Waals surface area contributed by atoms with E-state index in [2.05, 4.69) is 4.74 Å². The first kappa shape index (κ1) is 19.0. The Balaban J connectivity index is 2.47. The summed E-state index contributed by atoms with van der Waals surface area (Å²) in [5, 5.41) is 2.95. The van der Waals surface area contributed by atoms with E-state index in [1.807, 2.05) is 0 Å². The molecule has 0 aliphatic carbocycles. The Labute approximate surface area is 137 Å². The van der Waals surface area contributed by atoms with Gasteiger partial charge in [0.25, 0.3) is 5.91 Å².